The third-order valence-corrected chi connectivity index (χ3v) is 1.49. The average Bonchev–Trinajstić information content (AvgIpc) is 1.81. The van der Waals surface area contributed by atoms with Gasteiger partial charge in [-0.2, -0.15) is 0 Å². The molecular formula is C8H19N3O. The highest BCUT2D eigenvalue weighted by Crippen LogP contribution is 2.13. The predicted octanol–water partition coefficient (Wildman–Crippen LogP) is 0.243. The predicted molar refractivity (Wildman–Crippen MR) is 49.9 cm³/mol. The molecule has 0 saturated carbocycles. The van der Waals surface area contributed by atoms with Gasteiger partial charge in [-0.25, -0.2) is 4.79 Å². The Bertz CT molecular complexity index is 154. The summed E-state index contributed by atoms with van der Waals surface area (Å²) in [7, 11) is 4.01. The first-order valence-electron chi connectivity index (χ1n) is 4.01. The van der Waals surface area contributed by atoms with Crippen molar-refractivity contribution in [2.45, 2.75) is 13.8 Å². The van der Waals surface area contributed by atoms with Crippen molar-refractivity contribution in [1.82, 2.24) is 10.2 Å². The number of carbonyl (C=O) groups is 1. The van der Waals surface area contributed by atoms with Crippen molar-refractivity contribution in [3.05, 3.63) is 0 Å². The van der Waals surface area contributed by atoms with E-state index in [2.05, 4.69) is 24.1 Å². The Labute approximate surface area is 74.1 Å². The van der Waals surface area contributed by atoms with Gasteiger partial charge in [0.2, 0.25) is 0 Å². The SMILES string of the molecule is CN(C)CC(C)(C)CNC(N)=O. The monoisotopic (exact) mass is 173 g/mol. The van der Waals surface area contributed by atoms with Crippen molar-refractivity contribution in [3.63, 3.8) is 0 Å². The van der Waals surface area contributed by atoms with Gasteiger partial charge in [-0.05, 0) is 19.5 Å². The molecule has 0 spiro atoms. The van der Waals surface area contributed by atoms with Gasteiger partial charge in [0.1, 0.15) is 0 Å². The summed E-state index contributed by atoms with van der Waals surface area (Å²) >= 11 is 0. The summed E-state index contributed by atoms with van der Waals surface area (Å²) in [5, 5.41) is 2.60. The number of hydrogen-bond donors (Lipinski definition) is 2. The maximum absolute atomic E-state index is 10.4. The minimum Gasteiger partial charge on any atom is -0.352 e. The largest absolute Gasteiger partial charge is 0.352 e. The number of nitrogens with one attached hydrogen (secondary N) is 1. The molecule has 0 rings (SSSR count). The summed E-state index contributed by atoms with van der Waals surface area (Å²) < 4.78 is 0. The summed E-state index contributed by atoms with van der Waals surface area (Å²) in [4.78, 5) is 12.5. The summed E-state index contributed by atoms with van der Waals surface area (Å²) in [6, 6.07) is -0.457. The molecule has 0 unspecified atom stereocenters. The molecule has 0 aliphatic carbocycles. The molecule has 0 aliphatic rings. The van der Waals surface area contributed by atoms with Crippen LogP contribution in [0.15, 0.2) is 0 Å². The van der Waals surface area contributed by atoms with Gasteiger partial charge in [0.05, 0.1) is 0 Å². The molecule has 72 valence electrons. The number of amides is 2. The van der Waals surface area contributed by atoms with Gasteiger partial charge in [-0.3, -0.25) is 0 Å². The summed E-state index contributed by atoms with van der Waals surface area (Å²) in [5.74, 6) is 0. The van der Waals surface area contributed by atoms with Crippen molar-refractivity contribution >= 4 is 6.03 Å². The van der Waals surface area contributed by atoms with E-state index in [1.165, 1.54) is 0 Å². The molecule has 2 amide bonds. The molecule has 0 aromatic carbocycles. The zero-order chi connectivity index (χ0) is 9.78. The first-order chi connectivity index (χ1) is 5.33. The average molecular weight is 173 g/mol. The zero-order valence-electron chi connectivity index (χ0n) is 8.35. The Kier molecular flexibility index (Phi) is 4.03. The molecule has 4 heteroatoms. The topological polar surface area (TPSA) is 58.4 Å². The maximum Gasteiger partial charge on any atom is 0.312 e. The van der Waals surface area contributed by atoms with Crippen LogP contribution in [-0.4, -0.2) is 38.1 Å². The van der Waals surface area contributed by atoms with E-state index in [4.69, 9.17) is 5.73 Å². The van der Waals surface area contributed by atoms with Crippen LogP contribution >= 0.6 is 0 Å². The lowest BCUT2D eigenvalue weighted by Gasteiger charge is -2.27. The highest BCUT2D eigenvalue weighted by molar-refractivity contribution is 5.71. The molecule has 0 atom stereocenters. The standard InChI is InChI=1S/C8H19N3O/c1-8(2,6-11(3)4)5-10-7(9)12/h5-6H2,1-4H3,(H3,9,10,12). The molecule has 4 nitrogen and oxygen atoms in total. The number of nitrogens with two attached hydrogens (primary N) is 1. The van der Waals surface area contributed by atoms with Gasteiger partial charge in [-0.1, -0.05) is 13.8 Å². The van der Waals surface area contributed by atoms with Gasteiger partial charge in [0.15, 0.2) is 0 Å². The first kappa shape index (κ1) is 11.2. The Balaban J connectivity index is 3.78. The van der Waals surface area contributed by atoms with E-state index >= 15 is 0 Å². The number of urea groups is 1. The van der Waals surface area contributed by atoms with Crippen LogP contribution in [0.1, 0.15) is 13.8 Å². The molecule has 0 aromatic rings. The van der Waals surface area contributed by atoms with Crippen LogP contribution in [-0.2, 0) is 0 Å². The molecule has 0 aromatic heterocycles. The summed E-state index contributed by atoms with van der Waals surface area (Å²) in [5.41, 5.74) is 5.03. The molecule has 0 heterocycles. The lowest BCUT2D eigenvalue weighted by atomic mass is 9.93. The zero-order valence-corrected chi connectivity index (χ0v) is 8.35. The van der Waals surface area contributed by atoms with Gasteiger partial charge >= 0.3 is 6.03 Å². The second-order valence-electron chi connectivity index (χ2n) is 4.12. The van der Waals surface area contributed by atoms with Crippen LogP contribution in [0, 0.1) is 5.41 Å². The summed E-state index contributed by atoms with van der Waals surface area (Å²) in [6.45, 7) is 5.71. The van der Waals surface area contributed by atoms with Crippen molar-refractivity contribution < 1.29 is 4.79 Å². The number of hydrogen-bond acceptors (Lipinski definition) is 2. The lowest BCUT2D eigenvalue weighted by molar-refractivity contribution is 0.220. The number of nitrogens with zero attached hydrogens (tertiary/aromatic N) is 1. The van der Waals surface area contributed by atoms with Crippen LogP contribution in [0.3, 0.4) is 0 Å². The van der Waals surface area contributed by atoms with E-state index in [1.54, 1.807) is 0 Å². The van der Waals surface area contributed by atoms with Crippen LogP contribution in [0.5, 0.6) is 0 Å². The second-order valence-corrected chi connectivity index (χ2v) is 4.12. The second kappa shape index (κ2) is 4.30. The Morgan fingerprint density at radius 3 is 2.33 bits per heavy atom. The van der Waals surface area contributed by atoms with Crippen molar-refractivity contribution in [2.24, 2.45) is 11.1 Å². The molecule has 3 N–H and O–H groups in total. The van der Waals surface area contributed by atoms with Crippen LogP contribution in [0.2, 0.25) is 0 Å². The van der Waals surface area contributed by atoms with E-state index in [1.807, 2.05) is 14.1 Å². The highest BCUT2D eigenvalue weighted by atomic mass is 16.2. The maximum atomic E-state index is 10.4. The fourth-order valence-corrected chi connectivity index (χ4v) is 1.24. The third kappa shape index (κ3) is 5.97. The van der Waals surface area contributed by atoms with E-state index in [9.17, 15) is 4.79 Å². The van der Waals surface area contributed by atoms with Crippen molar-refractivity contribution in [3.8, 4) is 0 Å². The van der Waals surface area contributed by atoms with Crippen LogP contribution in [0.4, 0.5) is 4.79 Å². The molecule has 0 saturated heterocycles. The first-order valence-corrected chi connectivity index (χ1v) is 4.01. The minimum absolute atomic E-state index is 0.0680. The van der Waals surface area contributed by atoms with E-state index in [0.717, 1.165) is 6.54 Å². The van der Waals surface area contributed by atoms with E-state index in [-0.39, 0.29) is 5.41 Å². The molecule has 0 bridgehead atoms. The van der Waals surface area contributed by atoms with Gasteiger partial charge in [0.25, 0.3) is 0 Å². The number of carbonyl (C=O) groups excluding carboxylic acids is 1. The normalized spacial score (nSPS) is 11.8. The van der Waals surface area contributed by atoms with E-state index < -0.39 is 6.03 Å². The minimum atomic E-state index is -0.457. The van der Waals surface area contributed by atoms with Crippen LogP contribution < -0.4 is 11.1 Å². The van der Waals surface area contributed by atoms with E-state index in [0.29, 0.717) is 6.54 Å². The van der Waals surface area contributed by atoms with Gasteiger partial charge in [-0.15, -0.1) is 0 Å². The Morgan fingerprint density at radius 2 is 2.00 bits per heavy atom. The number of primary amides is 1. The fourth-order valence-electron chi connectivity index (χ4n) is 1.24. The molecular weight excluding hydrogens is 154 g/mol. The fraction of sp³-hybridized carbons (Fsp3) is 0.875. The molecule has 12 heavy (non-hydrogen) atoms. The van der Waals surface area contributed by atoms with Crippen molar-refractivity contribution in [1.29, 1.82) is 0 Å². The Hall–Kier alpha value is -0.770. The summed E-state index contributed by atoms with van der Waals surface area (Å²) in [6.07, 6.45) is 0. The molecule has 0 radical (unpaired) electrons. The molecule has 0 aliphatic heterocycles. The number of rotatable bonds is 4. The molecule has 0 fully saturated rings. The van der Waals surface area contributed by atoms with Crippen molar-refractivity contribution in [2.75, 3.05) is 27.2 Å². The smallest absolute Gasteiger partial charge is 0.312 e. The highest BCUT2D eigenvalue weighted by Gasteiger charge is 2.18. The lowest BCUT2D eigenvalue weighted by Crippen LogP contribution is -2.41. The quantitative estimate of drug-likeness (QED) is 0.640. The van der Waals surface area contributed by atoms with Gasteiger partial charge in [0, 0.05) is 13.1 Å². The van der Waals surface area contributed by atoms with Crippen LogP contribution in [0.25, 0.3) is 0 Å². The van der Waals surface area contributed by atoms with Gasteiger partial charge < -0.3 is 16.0 Å². The third-order valence-electron chi connectivity index (χ3n) is 1.49. The Morgan fingerprint density at radius 1 is 1.50 bits per heavy atom.